The van der Waals surface area contributed by atoms with Gasteiger partial charge in [0.1, 0.15) is 12.1 Å². The third-order valence-corrected chi connectivity index (χ3v) is 7.02. The number of carbonyl (C=O) groups excluding carboxylic acids is 3. The molecule has 1 fully saturated rings. The van der Waals surface area contributed by atoms with E-state index in [-0.39, 0.29) is 23.8 Å². The molecule has 1 saturated heterocycles. The number of amides is 3. The first kappa shape index (κ1) is 28.1. The number of hydrogen-bond acceptors (Lipinski definition) is 6. The van der Waals surface area contributed by atoms with E-state index in [0.717, 1.165) is 28.9 Å². The van der Waals surface area contributed by atoms with Gasteiger partial charge in [0.05, 0.1) is 17.4 Å². The van der Waals surface area contributed by atoms with E-state index in [1.165, 1.54) is 12.0 Å². The zero-order chi connectivity index (χ0) is 26.6. The van der Waals surface area contributed by atoms with E-state index in [9.17, 15) is 14.4 Å². The summed E-state index contributed by atoms with van der Waals surface area (Å²) in [6.45, 7) is 12.2. The van der Waals surface area contributed by atoms with Gasteiger partial charge in [-0.3, -0.25) is 14.4 Å². The van der Waals surface area contributed by atoms with Crippen molar-refractivity contribution in [3.05, 3.63) is 41.1 Å². The topological polar surface area (TPSA) is 90.8 Å². The van der Waals surface area contributed by atoms with Crippen LogP contribution in [0.4, 0.5) is 0 Å². The van der Waals surface area contributed by atoms with Crippen LogP contribution in [0.2, 0.25) is 0 Å². The highest BCUT2D eigenvalue weighted by atomic mass is 32.2. The number of nitrogens with one attached hydrogen (secondary N) is 2. The second-order valence-electron chi connectivity index (χ2n) is 10.6. The average molecular weight is 517 g/mol. The van der Waals surface area contributed by atoms with Gasteiger partial charge in [0.2, 0.25) is 17.7 Å². The van der Waals surface area contributed by atoms with Crippen LogP contribution in [-0.2, 0) is 18.7 Å². The van der Waals surface area contributed by atoms with Crippen molar-refractivity contribution in [3.8, 4) is 0 Å². The molecule has 36 heavy (non-hydrogen) atoms. The lowest BCUT2D eigenvalue weighted by Gasteiger charge is -2.35. The highest BCUT2D eigenvalue weighted by Gasteiger charge is 2.42. The fraction of sp³-hybridized carbons (Fsp3) is 0.593. The van der Waals surface area contributed by atoms with Crippen LogP contribution in [0.25, 0.3) is 5.70 Å². The predicted molar refractivity (Wildman–Crippen MR) is 143 cm³/mol. The first-order chi connectivity index (χ1) is 17.0. The molecule has 0 spiro atoms. The lowest BCUT2D eigenvalue weighted by atomic mass is 9.85. The van der Waals surface area contributed by atoms with Crippen LogP contribution in [-0.4, -0.2) is 52.6 Å². The molecule has 3 amide bonds. The maximum atomic E-state index is 13.5. The van der Waals surface area contributed by atoms with Crippen molar-refractivity contribution in [2.75, 3.05) is 12.8 Å². The summed E-state index contributed by atoms with van der Waals surface area (Å²) in [5.41, 5.74) is 3.73. The van der Waals surface area contributed by atoms with Crippen molar-refractivity contribution in [1.29, 1.82) is 0 Å². The summed E-state index contributed by atoms with van der Waals surface area (Å²) in [5, 5.41) is 7.81. The van der Waals surface area contributed by atoms with E-state index in [0.29, 0.717) is 25.8 Å². The smallest absolute Gasteiger partial charge is 0.246 e. The van der Waals surface area contributed by atoms with Crippen LogP contribution in [0, 0.1) is 5.41 Å². The van der Waals surface area contributed by atoms with E-state index in [1.54, 1.807) is 9.96 Å². The molecule has 3 unspecified atom stereocenters. The second kappa shape index (κ2) is 11.7. The Morgan fingerprint density at radius 3 is 2.42 bits per heavy atom. The first-order valence-corrected chi connectivity index (χ1v) is 13.9. The molecule has 2 aliphatic heterocycles. The molecule has 9 heteroatoms. The Morgan fingerprint density at radius 2 is 1.83 bits per heavy atom. The zero-order valence-corrected chi connectivity index (χ0v) is 23.3. The lowest BCUT2D eigenvalue weighted by Crippen LogP contribution is -2.57. The molecule has 0 bridgehead atoms. The van der Waals surface area contributed by atoms with Crippen LogP contribution >= 0.6 is 12.0 Å². The van der Waals surface area contributed by atoms with Crippen LogP contribution < -0.4 is 10.6 Å². The van der Waals surface area contributed by atoms with Crippen molar-refractivity contribution in [2.45, 2.75) is 85.4 Å². The third-order valence-electron chi connectivity index (χ3n) is 6.73. The number of benzene rings is 1. The Morgan fingerprint density at radius 1 is 1.17 bits per heavy atom. The van der Waals surface area contributed by atoms with Crippen molar-refractivity contribution in [2.24, 2.45) is 5.41 Å². The van der Waals surface area contributed by atoms with Crippen LogP contribution in [0.15, 0.2) is 30.0 Å². The average Bonchev–Trinajstić information content (AvgIpc) is 3.20. The number of hydroxylamine groups is 2. The Hall–Kier alpha value is -2.52. The van der Waals surface area contributed by atoms with E-state index in [2.05, 4.69) is 10.6 Å². The summed E-state index contributed by atoms with van der Waals surface area (Å²) in [4.78, 5) is 40.7. The van der Waals surface area contributed by atoms with Crippen molar-refractivity contribution in [1.82, 2.24) is 20.6 Å². The molecule has 0 aromatic heterocycles. The Balaban J connectivity index is 1.65. The van der Waals surface area contributed by atoms with E-state index in [4.69, 9.17) is 4.28 Å². The molecule has 3 atom stereocenters. The summed E-state index contributed by atoms with van der Waals surface area (Å²) >= 11 is 1.30. The number of carbonyl (C=O) groups is 3. The molecule has 2 aliphatic rings. The van der Waals surface area contributed by atoms with Crippen molar-refractivity contribution in [3.63, 3.8) is 0 Å². The Bertz CT molecular complexity index is 1000. The van der Waals surface area contributed by atoms with Gasteiger partial charge in [-0.05, 0) is 44.1 Å². The number of allylic oxidation sites excluding steroid dienone is 1. The van der Waals surface area contributed by atoms with Gasteiger partial charge in [-0.1, -0.05) is 52.0 Å². The SMILES string of the molecule is CCCC(=O)NC(C(=O)N1CCCC1C(=O)NC(C)c1ccc(C2=C(C)N2OSC)cc1)C(C)(C)C. The summed E-state index contributed by atoms with van der Waals surface area (Å²) in [5.74, 6) is -0.486. The van der Waals surface area contributed by atoms with Crippen molar-refractivity contribution < 1.29 is 18.7 Å². The Kier molecular flexibility index (Phi) is 9.11. The standard InChI is InChI=1S/C27H40N4O4S/c1-8-10-22(32)29-24(27(4,5)6)26(34)30-16-9-11-21(30)25(33)28-17(2)19-12-14-20(15-13-19)23-18(3)31(23)35-36-7/h12-15,17,21,24H,8-11,16H2,1-7H3,(H,28,33)(H,29,32). The quantitative estimate of drug-likeness (QED) is 0.448. The number of nitrogens with zero attached hydrogens (tertiary/aromatic N) is 2. The van der Waals surface area contributed by atoms with Gasteiger partial charge in [-0.15, -0.1) is 0 Å². The van der Waals surface area contributed by atoms with Crippen LogP contribution in [0.3, 0.4) is 0 Å². The largest absolute Gasteiger partial charge is 0.348 e. The zero-order valence-electron chi connectivity index (χ0n) is 22.5. The molecular formula is C27H40N4O4S. The molecule has 198 valence electrons. The molecule has 2 heterocycles. The number of rotatable bonds is 10. The van der Waals surface area contributed by atoms with Gasteiger partial charge < -0.3 is 15.5 Å². The molecule has 1 aromatic rings. The van der Waals surface area contributed by atoms with Crippen LogP contribution in [0.5, 0.6) is 0 Å². The first-order valence-electron chi connectivity index (χ1n) is 12.7. The molecule has 3 rings (SSSR count). The minimum Gasteiger partial charge on any atom is -0.348 e. The maximum Gasteiger partial charge on any atom is 0.246 e. The van der Waals surface area contributed by atoms with Gasteiger partial charge in [0.25, 0.3) is 0 Å². The van der Waals surface area contributed by atoms with Gasteiger partial charge in [0.15, 0.2) is 0 Å². The minimum absolute atomic E-state index is 0.136. The van der Waals surface area contributed by atoms with E-state index in [1.807, 2.05) is 72.1 Å². The fourth-order valence-corrected chi connectivity index (χ4v) is 4.96. The molecule has 2 N–H and O–H groups in total. The molecule has 0 aliphatic carbocycles. The summed E-state index contributed by atoms with van der Waals surface area (Å²) in [6, 6.07) is 6.64. The molecule has 1 aromatic carbocycles. The molecule has 0 radical (unpaired) electrons. The predicted octanol–water partition coefficient (Wildman–Crippen LogP) is 4.40. The highest BCUT2D eigenvalue weighted by Crippen LogP contribution is 2.41. The summed E-state index contributed by atoms with van der Waals surface area (Å²) in [6.07, 6.45) is 4.34. The maximum absolute atomic E-state index is 13.5. The molecular weight excluding hydrogens is 476 g/mol. The fourth-order valence-electron chi connectivity index (χ4n) is 4.62. The van der Waals surface area contributed by atoms with Crippen LogP contribution in [0.1, 0.15) is 84.4 Å². The van der Waals surface area contributed by atoms with Gasteiger partial charge >= 0.3 is 0 Å². The molecule has 0 saturated carbocycles. The Labute approximate surface area is 219 Å². The molecule has 8 nitrogen and oxygen atoms in total. The van der Waals surface area contributed by atoms with Gasteiger partial charge in [-0.25, -0.2) is 5.06 Å². The van der Waals surface area contributed by atoms with E-state index >= 15 is 0 Å². The normalized spacial score (nSPS) is 19.2. The summed E-state index contributed by atoms with van der Waals surface area (Å²) in [7, 11) is 0. The third kappa shape index (κ3) is 6.42. The number of hydrogen-bond donors (Lipinski definition) is 2. The van der Waals surface area contributed by atoms with Gasteiger partial charge in [-0.2, -0.15) is 4.28 Å². The summed E-state index contributed by atoms with van der Waals surface area (Å²) < 4.78 is 5.48. The minimum atomic E-state index is -0.676. The second-order valence-corrected chi connectivity index (χ2v) is 11.1. The van der Waals surface area contributed by atoms with Crippen molar-refractivity contribution >= 4 is 35.5 Å². The lowest BCUT2D eigenvalue weighted by molar-refractivity contribution is -0.144. The monoisotopic (exact) mass is 516 g/mol. The highest BCUT2D eigenvalue weighted by molar-refractivity contribution is 7.93. The van der Waals surface area contributed by atoms with E-state index < -0.39 is 17.5 Å². The number of likely N-dealkylation sites (tertiary alicyclic amines) is 1. The van der Waals surface area contributed by atoms with Gasteiger partial charge in [0, 0.05) is 36.8 Å².